The summed E-state index contributed by atoms with van der Waals surface area (Å²) in [6.07, 6.45) is 2.98. The molecule has 1 aliphatic carbocycles. The Balaban J connectivity index is 2.42. The standard InChI is InChI=1S/C14H20N2O2/c1-9(2)15-5-6-16(10(3)4)12-8-14(18)13(17)7-11(12)15/h7-10H,5-6H2,1-4H3. The fourth-order valence-corrected chi connectivity index (χ4v) is 2.53. The second-order valence-corrected chi connectivity index (χ2v) is 5.36. The summed E-state index contributed by atoms with van der Waals surface area (Å²) in [7, 11) is 0. The number of hydrogen-bond donors (Lipinski definition) is 0. The first-order chi connectivity index (χ1) is 8.41. The Morgan fingerprint density at radius 3 is 1.44 bits per heavy atom. The maximum Gasteiger partial charge on any atom is 0.227 e. The molecule has 1 heterocycles. The van der Waals surface area contributed by atoms with Crippen molar-refractivity contribution in [2.45, 2.75) is 39.8 Å². The van der Waals surface area contributed by atoms with Gasteiger partial charge in [0.05, 0.1) is 11.4 Å². The van der Waals surface area contributed by atoms with Crippen LogP contribution in [0.15, 0.2) is 23.5 Å². The van der Waals surface area contributed by atoms with E-state index in [9.17, 15) is 9.59 Å². The van der Waals surface area contributed by atoms with Crippen LogP contribution in [0.2, 0.25) is 0 Å². The van der Waals surface area contributed by atoms with Gasteiger partial charge in [-0.25, -0.2) is 0 Å². The minimum absolute atomic E-state index is 0.329. The topological polar surface area (TPSA) is 40.6 Å². The number of nitrogens with zero attached hydrogens (tertiary/aromatic N) is 2. The summed E-state index contributed by atoms with van der Waals surface area (Å²) in [5.41, 5.74) is 1.80. The predicted molar refractivity (Wildman–Crippen MR) is 69.9 cm³/mol. The van der Waals surface area contributed by atoms with E-state index in [-0.39, 0.29) is 0 Å². The molecule has 0 saturated carbocycles. The molecular formula is C14H20N2O2. The zero-order valence-electron chi connectivity index (χ0n) is 11.4. The number of carbonyl (C=O) groups is 2. The molecule has 98 valence electrons. The van der Waals surface area contributed by atoms with Gasteiger partial charge >= 0.3 is 0 Å². The minimum Gasteiger partial charge on any atom is -0.366 e. The van der Waals surface area contributed by atoms with Crippen molar-refractivity contribution >= 4 is 11.6 Å². The van der Waals surface area contributed by atoms with Crippen LogP contribution in [0.1, 0.15) is 27.7 Å². The van der Waals surface area contributed by atoms with Crippen molar-refractivity contribution in [3.8, 4) is 0 Å². The molecule has 18 heavy (non-hydrogen) atoms. The third-order valence-electron chi connectivity index (χ3n) is 3.49. The van der Waals surface area contributed by atoms with Gasteiger partial charge in [-0.2, -0.15) is 0 Å². The van der Waals surface area contributed by atoms with Crippen molar-refractivity contribution in [3.63, 3.8) is 0 Å². The van der Waals surface area contributed by atoms with Crippen molar-refractivity contribution in [2.75, 3.05) is 13.1 Å². The summed E-state index contributed by atoms with van der Waals surface area (Å²) in [6.45, 7) is 10.2. The van der Waals surface area contributed by atoms with E-state index >= 15 is 0 Å². The van der Waals surface area contributed by atoms with E-state index in [2.05, 4.69) is 37.5 Å². The average molecular weight is 248 g/mol. The van der Waals surface area contributed by atoms with Crippen molar-refractivity contribution in [2.24, 2.45) is 0 Å². The van der Waals surface area contributed by atoms with E-state index in [1.165, 1.54) is 12.2 Å². The number of carbonyl (C=O) groups excluding carboxylic acids is 2. The smallest absolute Gasteiger partial charge is 0.227 e. The number of ketones is 2. The number of fused-ring (bicyclic) bond motifs is 1. The quantitative estimate of drug-likeness (QED) is 0.546. The Labute approximate surface area is 108 Å². The molecule has 0 aromatic rings. The highest BCUT2D eigenvalue weighted by atomic mass is 16.2. The predicted octanol–water partition coefficient (Wildman–Crippen LogP) is 1.34. The summed E-state index contributed by atoms with van der Waals surface area (Å²) >= 11 is 0. The molecule has 4 nitrogen and oxygen atoms in total. The Kier molecular flexibility index (Phi) is 3.28. The van der Waals surface area contributed by atoms with Gasteiger partial charge in [-0.15, -0.1) is 0 Å². The summed E-state index contributed by atoms with van der Waals surface area (Å²) < 4.78 is 0. The number of allylic oxidation sites excluding steroid dienone is 2. The van der Waals surface area contributed by atoms with Gasteiger partial charge in [0, 0.05) is 37.3 Å². The number of piperazine rings is 1. The lowest BCUT2D eigenvalue weighted by atomic mass is 10.00. The molecule has 1 aliphatic heterocycles. The molecule has 0 amide bonds. The van der Waals surface area contributed by atoms with Gasteiger partial charge in [0.25, 0.3) is 0 Å². The Morgan fingerprint density at radius 1 is 0.833 bits per heavy atom. The second kappa shape index (κ2) is 4.59. The van der Waals surface area contributed by atoms with Gasteiger partial charge in [-0.05, 0) is 27.7 Å². The molecule has 4 heteroatoms. The number of rotatable bonds is 2. The lowest BCUT2D eigenvalue weighted by molar-refractivity contribution is -0.131. The first-order valence-electron chi connectivity index (χ1n) is 6.47. The Hall–Kier alpha value is -1.58. The van der Waals surface area contributed by atoms with Gasteiger partial charge < -0.3 is 9.80 Å². The third-order valence-corrected chi connectivity index (χ3v) is 3.49. The molecule has 1 saturated heterocycles. The normalized spacial score (nSPS) is 20.3. The van der Waals surface area contributed by atoms with E-state index in [0.717, 1.165) is 24.5 Å². The zero-order valence-corrected chi connectivity index (χ0v) is 11.4. The first-order valence-corrected chi connectivity index (χ1v) is 6.47. The van der Waals surface area contributed by atoms with E-state index in [0.29, 0.717) is 12.1 Å². The average Bonchev–Trinajstić information content (AvgIpc) is 2.28. The fourth-order valence-electron chi connectivity index (χ4n) is 2.53. The SMILES string of the molecule is CC(C)N1CCN(C(C)C)C2=CC(=O)C(=O)C=C21. The van der Waals surface area contributed by atoms with Crippen LogP contribution in [-0.4, -0.2) is 46.5 Å². The highest BCUT2D eigenvalue weighted by molar-refractivity contribution is 6.46. The summed E-state index contributed by atoms with van der Waals surface area (Å²) in [5, 5.41) is 0. The lowest BCUT2D eigenvalue weighted by Crippen LogP contribution is -2.49. The van der Waals surface area contributed by atoms with Crippen molar-refractivity contribution < 1.29 is 9.59 Å². The maximum absolute atomic E-state index is 11.6. The highest BCUT2D eigenvalue weighted by Gasteiger charge is 2.33. The molecule has 0 atom stereocenters. The van der Waals surface area contributed by atoms with Gasteiger partial charge in [0.2, 0.25) is 11.6 Å². The van der Waals surface area contributed by atoms with Crippen LogP contribution < -0.4 is 0 Å². The number of hydrogen-bond acceptors (Lipinski definition) is 4. The molecule has 2 aliphatic rings. The first kappa shape index (κ1) is 12.9. The van der Waals surface area contributed by atoms with Crippen molar-refractivity contribution in [3.05, 3.63) is 23.5 Å². The van der Waals surface area contributed by atoms with Crippen LogP contribution in [0.3, 0.4) is 0 Å². The second-order valence-electron chi connectivity index (χ2n) is 5.36. The summed E-state index contributed by atoms with van der Waals surface area (Å²) in [4.78, 5) is 27.5. The third kappa shape index (κ3) is 2.07. The molecule has 0 aromatic carbocycles. The maximum atomic E-state index is 11.6. The van der Waals surface area contributed by atoms with Gasteiger partial charge in [-0.1, -0.05) is 0 Å². The molecule has 0 N–H and O–H groups in total. The molecule has 0 bridgehead atoms. The molecule has 0 unspecified atom stereocenters. The van der Waals surface area contributed by atoms with Crippen LogP contribution in [0.5, 0.6) is 0 Å². The van der Waals surface area contributed by atoms with E-state index < -0.39 is 11.6 Å². The van der Waals surface area contributed by atoms with Gasteiger partial charge in [0.15, 0.2) is 0 Å². The fraction of sp³-hybridized carbons (Fsp3) is 0.571. The van der Waals surface area contributed by atoms with Crippen LogP contribution in [0, 0.1) is 0 Å². The van der Waals surface area contributed by atoms with Crippen molar-refractivity contribution in [1.82, 2.24) is 9.80 Å². The molecule has 1 fully saturated rings. The van der Waals surface area contributed by atoms with Gasteiger partial charge in [0.1, 0.15) is 0 Å². The van der Waals surface area contributed by atoms with E-state index in [1.54, 1.807) is 0 Å². The van der Waals surface area contributed by atoms with Crippen LogP contribution >= 0.6 is 0 Å². The Bertz CT molecular complexity index is 405. The summed E-state index contributed by atoms with van der Waals surface area (Å²) in [5.74, 6) is -0.824. The van der Waals surface area contributed by atoms with Crippen molar-refractivity contribution in [1.29, 1.82) is 0 Å². The zero-order chi connectivity index (χ0) is 13.4. The molecule has 0 aromatic heterocycles. The van der Waals surface area contributed by atoms with Crippen LogP contribution in [0.25, 0.3) is 0 Å². The lowest BCUT2D eigenvalue weighted by Gasteiger charge is -2.45. The molecule has 0 radical (unpaired) electrons. The van der Waals surface area contributed by atoms with Crippen LogP contribution in [0.4, 0.5) is 0 Å². The minimum atomic E-state index is -0.412. The van der Waals surface area contributed by atoms with E-state index in [1.807, 2.05) is 0 Å². The molecular weight excluding hydrogens is 228 g/mol. The largest absolute Gasteiger partial charge is 0.366 e. The van der Waals surface area contributed by atoms with Gasteiger partial charge in [-0.3, -0.25) is 9.59 Å². The Morgan fingerprint density at radius 2 is 1.17 bits per heavy atom. The molecule has 2 rings (SSSR count). The highest BCUT2D eigenvalue weighted by Crippen LogP contribution is 2.30. The summed E-state index contributed by atoms with van der Waals surface area (Å²) in [6, 6.07) is 0.657. The monoisotopic (exact) mass is 248 g/mol. The van der Waals surface area contributed by atoms with Crippen LogP contribution in [-0.2, 0) is 9.59 Å². The molecule has 0 spiro atoms. The van der Waals surface area contributed by atoms with E-state index in [4.69, 9.17) is 0 Å².